The molecule has 3 N–H and O–H groups in total. The molecule has 34 heavy (non-hydrogen) atoms. The fourth-order valence-corrected chi connectivity index (χ4v) is 3.62. The van der Waals surface area contributed by atoms with Crippen LogP contribution < -0.4 is 5.32 Å². The second-order valence-corrected chi connectivity index (χ2v) is 7.45. The summed E-state index contributed by atoms with van der Waals surface area (Å²) in [6, 6.07) is 18.8. The molecule has 0 spiro atoms. The van der Waals surface area contributed by atoms with Gasteiger partial charge in [0.2, 0.25) is 0 Å². The third kappa shape index (κ3) is 6.12. The molecule has 1 amide bonds. The number of phenolic OH excluding ortho intramolecular Hbond substituents is 1. The summed E-state index contributed by atoms with van der Waals surface area (Å²) < 4.78 is 11.5. The molecule has 0 aromatic heterocycles. The number of allylic oxidation sites excluding steroid dienone is 1. The molecule has 0 heterocycles. The quantitative estimate of drug-likeness (QED) is 0.377. The van der Waals surface area contributed by atoms with Gasteiger partial charge in [-0.3, -0.25) is 5.32 Å². The van der Waals surface area contributed by atoms with Crippen LogP contribution in [0.2, 0.25) is 0 Å². The highest BCUT2D eigenvalue weighted by Crippen LogP contribution is 2.36. The van der Waals surface area contributed by atoms with Gasteiger partial charge >= 0.3 is 12.1 Å². The van der Waals surface area contributed by atoms with Crippen molar-refractivity contribution in [1.82, 2.24) is 0 Å². The van der Waals surface area contributed by atoms with Crippen molar-refractivity contribution in [2.24, 2.45) is 0 Å². The van der Waals surface area contributed by atoms with Gasteiger partial charge in [-0.25, -0.2) is 9.59 Å². The Morgan fingerprint density at radius 1 is 1.09 bits per heavy atom. The highest BCUT2D eigenvalue weighted by molar-refractivity contribution is 5.91. The van der Waals surface area contributed by atoms with Crippen LogP contribution in [0.5, 0.6) is 5.75 Å². The zero-order valence-electron chi connectivity index (χ0n) is 18.5. The molecule has 2 atom stereocenters. The van der Waals surface area contributed by atoms with Crippen LogP contribution in [0.25, 0.3) is 10.8 Å². The molecule has 0 bridgehead atoms. The van der Waals surface area contributed by atoms with E-state index < -0.39 is 24.3 Å². The van der Waals surface area contributed by atoms with Gasteiger partial charge in [0.15, 0.2) is 6.10 Å². The molecule has 174 valence electrons. The van der Waals surface area contributed by atoms with Crippen LogP contribution in [0, 0.1) is 11.3 Å². The van der Waals surface area contributed by atoms with Gasteiger partial charge in [-0.05, 0) is 48.6 Å². The number of hydrogen-bond acceptors (Lipinski definition) is 6. The minimum atomic E-state index is -1.05. The Balaban J connectivity index is 1.91. The number of amides is 1. The van der Waals surface area contributed by atoms with E-state index >= 15 is 0 Å². The van der Waals surface area contributed by atoms with Gasteiger partial charge in [-0.1, -0.05) is 36.4 Å². The number of carboxylic acids is 1. The number of aromatic hydroxyl groups is 1. The second-order valence-electron chi connectivity index (χ2n) is 7.45. The monoisotopic (exact) mass is 460 g/mol. The van der Waals surface area contributed by atoms with Crippen LogP contribution in [0.4, 0.5) is 10.5 Å². The maximum Gasteiger partial charge on any atom is 0.412 e. The summed E-state index contributed by atoms with van der Waals surface area (Å²) in [6.07, 6.45) is 1.15. The predicted molar refractivity (Wildman–Crippen MR) is 126 cm³/mol. The summed E-state index contributed by atoms with van der Waals surface area (Å²) in [5.41, 5.74) is 1.55. The number of rotatable bonds is 9. The molecule has 3 rings (SSSR count). The van der Waals surface area contributed by atoms with Crippen molar-refractivity contribution in [3.8, 4) is 11.8 Å². The summed E-state index contributed by atoms with van der Waals surface area (Å²) in [6.45, 7) is 0. The molecule has 8 heteroatoms. The van der Waals surface area contributed by atoms with Gasteiger partial charge in [-0.15, -0.1) is 0 Å². The molecule has 0 aliphatic rings. The minimum Gasteiger partial charge on any atom is -0.507 e. The number of aliphatic carboxylic acids is 1. The first-order valence-corrected chi connectivity index (χ1v) is 10.5. The van der Waals surface area contributed by atoms with Gasteiger partial charge in [-0.2, -0.15) is 5.26 Å². The van der Waals surface area contributed by atoms with Crippen LogP contribution in [-0.2, 0) is 14.3 Å². The van der Waals surface area contributed by atoms with Crippen LogP contribution in [0.3, 0.4) is 0 Å². The summed E-state index contributed by atoms with van der Waals surface area (Å²) in [7, 11) is 1.49. The second kappa shape index (κ2) is 11.5. The van der Waals surface area contributed by atoms with Gasteiger partial charge in [0, 0.05) is 29.8 Å². The molecule has 0 saturated carbocycles. The molecule has 0 radical (unpaired) electrons. The Hall–Kier alpha value is -4.35. The standard InChI is InChI=1S/C26H24N2O6/c1-33-23(8-4-5-9-24(30)31)25(21-14-15-22(29)20-7-3-2-6-19(20)21)34-26(32)28-18-12-10-17(16-27)11-13-18/h2-3,5-7,9-15,23,25,29H,4,8H2,1H3,(H,28,32)(H,30,31)/b9-5+/t23-,25-/m1/s1. The van der Waals surface area contributed by atoms with Crippen LogP contribution in [-0.4, -0.2) is 35.5 Å². The number of hydrogen-bond donors (Lipinski definition) is 3. The smallest absolute Gasteiger partial charge is 0.412 e. The third-order valence-corrected chi connectivity index (χ3v) is 5.25. The van der Waals surface area contributed by atoms with E-state index in [1.807, 2.05) is 18.2 Å². The number of carbonyl (C=O) groups excluding carboxylic acids is 1. The number of carbonyl (C=O) groups is 2. The lowest BCUT2D eigenvalue weighted by Gasteiger charge is -2.27. The molecule has 0 fully saturated rings. The van der Waals surface area contributed by atoms with Crippen molar-refractivity contribution in [2.75, 3.05) is 12.4 Å². The van der Waals surface area contributed by atoms with Gasteiger partial charge in [0.1, 0.15) is 5.75 Å². The lowest BCUT2D eigenvalue weighted by molar-refractivity contribution is -0.131. The van der Waals surface area contributed by atoms with Gasteiger partial charge in [0.25, 0.3) is 0 Å². The number of nitrogens with one attached hydrogen (secondary N) is 1. The summed E-state index contributed by atoms with van der Waals surface area (Å²) in [5, 5.41) is 32.0. The highest BCUT2D eigenvalue weighted by Gasteiger charge is 2.29. The third-order valence-electron chi connectivity index (χ3n) is 5.25. The van der Waals surface area contributed by atoms with E-state index in [0.717, 1.165) is 6.08 Å². The average molecular weight is 460 g/mol. The topological polar surface area (TPSA) is 129 Å². The van der Waals surface area contributed by atoms with E-state index in [-0.39, 0.29) is 5.75 Å². The Kier molecular flexibility index (Phi) is 8.21. The molecule has 0 saturated heterocycles. The first kappa shape index (κ1) is 24.3. The van der Waals surface area contributed by atoms with Gasteiger partial charge in [0.05, 0.1) is 17.7 Å². The fourth-order valence-electron chi connectivity index (χ4n) is 3.62. The zero-order valence-corrected chi connectivity index (χ0v) is 18.5. The van der Waals surface area contributed by atoms with E-state index in [9.17, 15) is 14.7 Å². The normalized spacial score (nSPS) is 12.7. The Bertz CT molecular complexity index is 1230. The van der Waals surface area contributed by atoms with E-state index in [4.69, 9.17) is 19.8 Å². The summed E-state index contributed by atoms with van der Waals surface area (Å²) in [5.74, 6) is -0.952. The molecule has 8 nitrogen and oxygen atoms in total. The maximum absolute atomic E-state index is 12.8. The van der Waals surface area contributed by atoms with E-state index in [0.29, 0.717) is 40.4 Å². The predicted octanol–water partition coefficient (Wildman–Crippen LogP) is 5.14. The number of carboxylic acid groups (broad SMARTS) is 1. The van der Waals surface area contributed by atoms with Crippen molar-refractivity contribution in [1.29, 1.82) is 5.26 Å². The largest absolute Gasteiger partial charge is 0.507 e. The van der Waals surface area contributed by atoms with E-state index in [1.54, 1.807) is 42.5 Å². The summed E-state index contributed by atoms with van der Waals surface area (Å²) >= 11 is 0. The fraction of sp³-hybridized carbons (Fsp3) is 0.192. The van der Waals surface area contributed by atoms with Crippen molar-refractivity contribution < 1.29 is 29.3 Å². The number of nitriles is 1. The van der Waals surface area contributed by atoms with Crippen molar-refractivity contribution in [3.63, 3.8) is 0 Å². The number of methoxy groups -OCH3 is 1. The van der Waals surface area contributed by atoms with Crippen molar-refractivity contribution in [2.45, 2.75) is 25.0 Å². The van der Waals surface area contributed by atoms with E-state index in [2.05, 4.69) is 5.32 Å². The molecule has 0 unspecified atom stereocenters. The number of fused-ring (bicyclic) bond motifs is 1. The molecular weight excluding hydrogens is 436 g/mol. The first-order chi connectivity index (χ1) is 16.4. The van der Waals surface area contributed by atoms with Crippen LogP contribution in [0.15, 0.2) is 72.8 Å². The lowest BCUT2D eigenvalue weighted by Crippen LogP contribution is -2.28. The van der Waals surface area contributed by atoms with Crippen molar-refractivity contribution >= 4 is 28.5 Å². The number of benzene rings is 3. The van der Waals surface area contributed by atoms with Crippen LogP contribution >= 0.6 is 0 Å². The Labute approximate surface area is 196 Å². The Morgan fingerprint density at radius 2 is 1.79 bits per heavy atom. The number of nitrogens with zero attached hydrogens (tertiary/aromatic N) is 1. The SMILES string of the molecule is CO[C@H](CC/C=C/C(=O)O)[C@H](OC(=O)Nc1ccc(C#N)cc1)c1ccc(O)c2ccccc12. The number of ether oxygens (including phenoxy) is 2. The molecule has 3 aromatic carbocycles. The average Bonchev–Trinajstić information content (AvgIpc) is 2.84. The minimum absolute atomic E-state index is 0.0958. The molecule has 3 aromatic rings. The maximum atomic E-state index is 12.8. The Morgan fingerprint density at radius 3 is 2.44 bits per heavy atom. The van der Waals surface area contributed by atoms with Crippen LogP contribution in [0.1, 0.15) is 30.1 Å². The van der Waals surface area contributed by atoms with Gasteiger partial charge < -0.3 is 19.7 Å². The van der Waals surface area contributed by atoms with Crippen molar-refractivity contribution in [3.05, 3.63) is 83.9 Å². The van der Waals surface area contributed by atoms with E-state index in [1.165, 1.54) is 19.3 Å². The number of phenols is 1. The zero-order chi connectivity index (χ0) is 24.5. The molecule has 0 aliphatic heterocycles. The molecule has 0 aliphatic carbocycles. The number of anilines is 1. The summed E-state index contributed by atoms with van der Waals surface area (Å²) in [4.78, 5) is 23.6. The molecular formula is C26H24N2O6. The first-order valence-electron chi connectivity index (χ1n) is 10.5. The highest BCUT2D eigenvalue weighted by atomic mass is 16.6. The lowest BCUT2D eigenvalue weighted by atomic mass is 9.94.